The standard InChI is InChI=1S/C23H23ClN6O2S/c1-30-9-7-17(8-10-30)32-21-4-2-3-19-22(21)23(26-14-25-19)28-15-5-6-20(18(24)11-15)31-13-16-12-27-33-29-16/h2-6,11-12,14,17H,7-10,13H2,1H3,(H,25,26,28). The van der Waals surface area contributed by atoms with Crippen molar-refractivity contribution in [2.45, 2.75) is 25.6 Å². The van der Waals surface area contributed by atoms with E-state index in [1.54, 1.807) is 12.5 Å². The van der Waals surface area contributed by atoms with Crippen LogP contribution in [-0.2, 0) is 6.61 Å². The molecule has 0 saturated carbocycles. The maximum absolute atomic E-state index is 6.47. The van der Waals surface area contributed by atoms with Gasteiger partial charge in [-0.05, 0) is 50.2 Å². The largest absolute Gasteiger partial charge is 0.489 e. The molecule has 0 radical (unpaired) electrons. The highest BCUT2D eigenvalue weighted by Gasteiger charge is 2.20. The van der Waals surface area contributed by atoms with E-state index in [4.69, 9.17) is 21.1 Å². The van der Waals surface area contributed by atoms with E-state index < -0.39 is 0 Å². The summed E-state index contributed by atoms with van der Waals surface area (Å²) in [6.07, 6.45) is 5.40. The lowest BCUT2D eigenvalue weighted by Gasteiger charge is -2.29. The van der Waals surface area contributed by atoms with Gasteiger partial charge >= 0.3 is 0 Å². The molecule has 1 saturated heterocycles. The van der Waals surface area contributed by atoms with Crippen LogP contribution in [0.5, 0.6) is 11.5 Å². The number of fused-ring (bicyclic) bond motifs is 1. The van der Waals surface area contributed by atoms with E-state index in [-0.39, 0.29) is 6.10 Å². The van der Waals surface area contributed by atoms with E-state index in [2.05, 4.69) is 36.0 Å². The highest BCUT2D eigenvalue weighted by molar-refractivity contribution is 6.99. The molecule has 1 aliphatic heterocycles. The molecule has 1 aliphatic rings. The summed E-state index contributed by atoms with van der Waals surface area (Å²) in [6, 6.07) is 11.4. The van der Waals surface area contributed by atoms with Gasteiger partial charge in [-0.15, -0.1) is 0 Å². The molecule has 33 heavy (non-hydrogen) atoms. The van der Waals surface area contributed by atoms with Crippen molar-refractivity contribution >= 4 is 45.7 Å². The first kappa shape index (κ1) is 21.8. The van der Waals surface area contributed by atoms with Crippen LogP contribution in [0.3, 0.4) is 0 Å². The lowest BCUT2D eigenvalue weighted by atomic mass is 10.1. The maximum atomic E-state index is 6.47. The van der Waals surface area contributed by atoms with Crippen molar-refractivity contribution in [3.05, 3.63) is 59.6 Å². The molecule has 3 heterocycles. The second-order valence-corrected chi connectivity index (χ2v) is 8.91. The summed E-state index contributed by atoms with van der Waals surface area (Å²) in [6.45, 7) is 2.38. The van der Waals surface area contributed by atoms with Crippen LogP contribution >= 0.6 is 23.3 Å². The molecule has 0 amide bonds. The molecular weight excluding hydrogens is 460 g/mol. The van der Waals surface area contributed by atoms with Crippen molar-refractivity contribution < 1.29 is 9.47 Å². The molecule has 0 spiro atoms. The van der Waals surface area contributed by atoms with Gasteiger partial charge in [-0.3, -0.25) is 0 Å². The average Bonchev–Trinajstić information content (AvgIpc) is 3.34. The van der Waals surface area contributed by atoms with Crippen LogP contribution in [0.2, 0.25) is 5.02 Å². The molecule has 2 aromatic heterocycles. The second kappa shape index (κ2) is 9.86. The number of halogens is 1. The minimum Gasteiger partial charge on any atom is -0.489 e. The highest BCUT2D eigenvalue weighted by atomic mass is 35.5. The third-order valence-electron chi connectivity index (χ3n) is 5.56. The minimum absolute atomic E-state index is 0.179. The molecule has 5 rings (SSSR count). The van der Waals surface area contributed by atoms with Crippen LogP contribution in [-0.4, -0.2) is 49.9 Å². The van der Waals surface area contributed by atoms with Gasteiger partial charge in [-0.1, -0.05) is 17.7 Å². The zero-order valence-corrected chi connectivity index (χ0v) is 19.6. The Balaban J connectivity index is 1.36. The van der Waals surface area contributed by atoms with Gasteiger partial charge in [0.25, 0.3) is 0 Å². The molecule has 170 valence electrons. The smallest absolute Gasteiger partial charge is 0.145 e. The second-order valence-electron chi connectivity index (χ2n) is 7.95. The fourth-order valence-electron chi connectivity index (χ4n) is 3.79. The van der Waals surface area contributed by atoms with E-state index in [1.807, 2.05) is 36.4 Å². The topological polar surface area (TPSA) is 85.3 Å². The zero-order chi connectivity index (χ0) is 22.6. The number of piperidine rings is 1. The predicted molar refractivity (Wildman–Crippen MR) is 130 cm³/mol. The van der Waals surface area contributed by atoms with Crippen molar-refractivity contribution in [3.63, 3.8) is 0 Å². The van der Waals surface area contributed by atoms with Gasteiger partial charge in [0.1, 0.15) is 42.0 Å². The van der Waals surface area contributed by atoms with Crippen LogP contribution in [0, 0.1) is 0 Å². The fraction of sp³-hybridized carbons (Fsp3) is 0.304. The van der Waals surface area contributed by atoms with Gasteiger partial charge in [0.2, 0.25) is 0 Å². The third kappa shape index (κ3) is 5.16. The molecule has 0 aliphatic carbocycles. The van der Waals surface area contributed by atoms with Crippen LogP contribution in [0.4, 0.5) is 11.5 Å². The van der Waals surface area contributed by atoms with Crippen molar-refractivity contribution in [2.24, 2.45) is 0 Å². The van der Waals surface area contributed by atoms with Crippen molar-refractivity contribution in [3.8, 4) is 11.5 Å². The number of nitrogens with zero attached hydrogens (tertiary/aromatic N) is 5. The number of aromatic nitrogens is 4. The molecule has 4 aromatic rings. The molecule has 10 heteroatoms. The fourth-order valence-corrected chi connectivity index (χ4v) is 4.44. The minimum atomic E-state index is 0.179. The Kier molecular flexibility index (Phi) is 6.52. The van der Waals surface area contributed by atoms with Gasteiger partial charge in [0.05, 0.1) is 33.9 Å². The molecule has 2 aromatic carbocycles. The quantitative estimate of drug-likeness (QED) is 0.397. The third-order valence-corrected chi connectivity index (χ3v) is 6.37. The number of nitrogens with one attached hydrogen (secondary N) is 1. The molecule has 8 nitrogen and oxygen atoms in total. The average molecular weight is 483 g/mol. The van der Waals surface area contributed by atoms with E-state index in [0.29, 0.717) is 23.2 Å². The van der Waals surface area contributed by atoms with Gasteiger partial charge in [0, 0.05) is 18.8 Å². The van der Waals surface area contributed by atoms with Crippen LogP contribution in [0.1, 0.15) is 18.5 Å². The summed E-state index contributed by atoms with van der Waals surface area (Å²) in [4.78, 5) is 11.2. The van der Waals surface area contributed by atoms with Crippen LogP contribution in [0.25, 0.3) is 10.9 Å². The van der Waals surface area contributed by atoms with Gasteiger partial charge in [-0.2, -0.15) is 8.75 Å². The normalized spacial score (nSPS) is 15.0. The number of rotatable bonds is 7. The molecule has 1 fully saturated rings. The summed E-state index contributed by atoms with van der Waals surface area (Å²) in [5.74, 6) is 2.03. The number of hydrogen-bond donors (Lipinski definition) is 1. The van der Waals surface area contributed by atoms with Gasteiger partial charge in [-0.25, -0.2) is 9.97 Å². The van der Waals surface area contributed by atoms with E-state index in [1.165, 1.54) is 0 Å². The van der Waals surface area contributed by atoms with E-state index >= 15 is 0 Å². The van der Waals surface area contributed by atoms with E-state index in [9.17, 15) is 0 Å². The molecule has 0 bridgehead atoms. The Morgan fingerprint density at radius 1 is 1.15 bits per heavy atom. The molecule has 0 atom stereocenters. The number of likely N-dealkylation sites (tertiary alicyclic amines) is 1. The predicted octanol–water partition coefficient (Wildman–Crippen LogP) is 4.93. The summed E-state index contributed by atoms with van der Waals surface area (Å²) in [7, 11) is 2.14. The number of benzene rings is 2. The Bertz CT molecular complexity index is 1230. The van der Waals surface area contributed by atoms with Crippen LogP contribution in [0.15, 0.2) is 48.9 Å². The molecular formula is C23H23ClN6O2S. The number of hydrogen-bond acceptors (Lipinski definition) is 9. The monoisotopic (exact) mass is 482 g/mol. The Morgan fingerprint density at radius 2 is 2.03 bits per heavy atom. The zero-order valence-electron chi connectivity index (χ0n) is 18.1. The van der Waals surface area contributed by atoms with Crippen molar-refractivity contribution in [2.75, 3.05) is 25.5 Å². The first-order valence-corrected chi connectivity index (χ1v) is 11.8. The van der Waals surface area contributed by atoms with E-state index in [0.717, 1.165) is 65.7 Å². The Labute approximate surface area is 200 Å². The first-order valence-electron chi connectivity index (χ1n) is 10.7. The Morgan fingerprint density at radius 3 is 2.82 bits per heavy atom. The maximum Gasteiger partial charge on any atom is 0.145 e. The van der Waals surface area contributed by atoms with Crippen molar-refractivity contribution in [1.82, 2.24) is 23.6 Å². The lowest BCUT2D eigenvalue weighted by Crippen LogP contribution is -2.35. The number of anilines is 2. The van der Waals surface area contributed by atoms with Crippen molar-refractivity contribution in [1.29, 1.82) is 0 Å². The molecule has 1 N–H and O–H groups in total. The van der Waals surface area contributed by atoms with Crippen LogP contribution < -0.4 is 14.8 Å². The summed E-state index contributed by atoms with van der Waals surface area (Å²) >= 11 is 7.61. The summed E-state index contributed by atoms with van der Waals surface area (Å²) in [5, 5.41) is 4.71. The summed E-state index contributed by atoms with van der Waals surface area (Å²) in [5.41, 5.74) is 2.38. The Hall–Kier alpha value is -3.01. The van der Waals surface area contributed by atoms with Gasteiger partial charge in [0.15, 0.2) is 0 Å². The summed E-state index contributed by atoms with van der Waals surface area (Å²) < 4.78 is 20.3. The lowest BCUT2D eigenvalue weighted by molar-refractivity contribution is 0.116. The molecule has 0 unspecified atom stereocenters. The van der Waals surface area contributed by atoms with Gasteiger partial charge < -0.3 is 19.7 Å². The number of ether oxygens (including phenoxy) is 2. The SMILES string of the molecule is CN1CCC(Oc2cccc3ncnc(Nc4ccc(OCc5cnsn5)c(Cl)c4)c23)CC1. The first-order chi connectivity index (χ1) is 16.2. The highest BCUT2D eigenvalue weighted by Crippen LogP contribution is 2.35.